The first-order valence-corrected chi connectivity index (χ1v) is 30.8. The summed E-state index contributed by atoms with van der Waals surface area (Å²) < 4.78 is 114. The maximum atomic E-state index is 13.7. The standard InChI is InChI=1S/3C12H14BrF2N4O3PS.3Na/c3*13-10-6-8(3-4-9(10)12(14,15)23(20,21)22)7-24-5-1-2-11-16-18-19-17-11;;;/h3*3-4,6H,1-2,5,7H2,(H2,20,21,22)(H,16,17,18,19);;;/q;;;3*+1/p-3. The molecule has 0 aliphatic rings. The summed E-state index contributed by atoms with van der Waals surface area (Å²) in [5.74, 6) is 6.31. The predicted molar refractivity (Wildman–Crippen MR) is 260 cm³/mol. The average molecular weight is 1400 g/mol. The molecule has 0 radical (unpaired) electrons. The number of nitrogens with zero attached hydrogens (tertiary/aromatic N) is 9. The van der Waals surface area contributed by atoms with Gasteiger partial charge in [-0.25, -0.2) is 15.3 Å². The molecule has 1 atom stereocenters. The fraction of sp³-hybridized carbons (Fsp3) is 0.417. The van der Waals surface area contributed by atoms with Crippen molar-refractivity contribution in [3.63, 3.8) is 0 Å². The van der Waals surface area contributed by atoms with E-state index in [2.05, 4.69) is 110 Å². The molecule has 0 spiro atoms. The van der Waals surface area contributed by atoms with Crippen LogP contribution in [0.2, 0.25) is 0 Å². The number of aromatic nitrogens is 12. The van der Waals surface area contributed by atoms with Gasteiger partial charge in [0.2, 0.25) is 7.60 Å². The van der Waals surface area contributed by atoms with Crippen LogP contribution in [0, 0.1) is 0 Å². The van der Waals surface area contributed by atoms with Gasteiger partial charge in [-0.2, -0.15) is 61.6 Å². The van der Waals surface area contributed by atoms with Gasteiger partial charge in [0.05, 0.1) is 0 Å². The van der Waals surface area contributed by atoms with Gasteiger partial charge < -0.3 is 38.5 Å². The third kappa shape index (κ3) is 23.3. The van der Waals surface area contributed by atoms with E-state index >= 15 is 0 Å². The number of halogens is 9. The zero-order chi connectivity index (χ0) is 53.4. The van der Waals surface area contributed by atoms with Crippen LogP contribution >= 0.6 is 106 Å². The first-order chi connectivity index (χ1) is 33.6. The number of alkyl halides is 6. The van der Waals surface area contributed by atoms with Crippen molar-refractivity contribution in [3.8, 4) is 0 Å². The number of tetrazole rings is 3. The van der Waals surface area contributed by atoms with Crippen molar-refractivity contribution in [3.05, 3.63) is 119 Å². The molecule has 0 saturated carbocycles. The van der Waals surface area contributed by atoms with Gasteiger partial charge >= 0.3 is 108 Å². The predicted octanol–water partition coefficient (Wildman–Crippen LogP) is -1.72. The average Bonchev–Trinajstić information content (AvgIpc) is 4.11. The Morgan fingerprint density at radius 1 is 0.507 bits per heavy atom. The number of benzene rings is 3. The summed E-state index contributed by atoms with van der Waals surface area (Å²) in [4.78, 5) is 58.5. The number of aromatic amines is 3. The van der Waals surface area contributed by atoms with Crippen molar-refractivity contribution in [1.29, 1.82) is 0 Å². The van der Waals surface area contributed by atoms with Gasteiger partial charge in [-0.05, 0) is 103 Å². The van der Waals surface area contributed by atoms with Crippen molar-refractivity contribution in [2.45, 2.75) is 72.8 Å². The van der Waals surface area contributed by atoms with Crippen molar-refractivity contribution < 1.29 is 158 Å². The number of hydrogen-bond acceptors (Lipinski definition) is 18. The number of rotatable bonds is 24. The molecule has 21 nitrogen and oxygen atoms in total. The monoisotopic (exact) mass is 1390 g/mol. The summed E-state index contributed by atoms with van der Waals surface area (Å²) in [6, 6.07) is 11.5. The summed E-state index contributed by atoms with van der Waals surface area (Å²) in [6.07, 6.45) is 4.69. The smallest absolute Gasteiger partial charge is 0.806 e. The largest absolute Gasteiger partial charge is 1.00 e. The number of nitrogens with one attached hydrogen (secondary N) is 3. The molecule has 39 heteroatoms. The Balaban J connectivity index is 0.000000551. The maximum absolute atomic E-state index is 13.7. The fourth-order valence-electron chi connectivity index (χ4n) is 5.58. The van der Waals surface area contributed by atoms with E-state index in [1.165, 1.54) is 36.4 Å². The van der Waals surface area contributed by atoms with E-state index in [0.29, 0.717) is 47.6 Å². The van der Waals surface area contributed by atoms with E-state index < -0.39 is 56.5 Å². The Hall–Kier alpha value is 0.390. The minimum Gasteiger partial charge on any atom is -0.806 e. The number of hydrogen-bond donors (Lipinski definition) is 6. The van der Waals surface area contributed by atoms with Crippen LogP contribution in [0.1, 0.15) is 70.1 Å². The van der Waals surface area contributed by atoms with Crippen molar-refractivity contribution in [1.82, 2.24) is 61.9 Å². The van der Waals surface area contributed by atoms with E-state index in [-0.39, 0.29) is 102 Å². The summed E-state index contributed by atoms with van der Waals surface area (Å²) in [6.45, 7) is 0. The van der Waals surface area contributed by atoms with Gasteiger partial charge in [0.1, 0.15) is 17.5 Å². The quantitative estimate of drug-likeness (QED) is 0.0170. The van der Waals surface area contributed by atoms with Gasteiger partial charge in [-0.15, -0.1) is 15.3 Å². The summed E-state index contributed by atoms with van der Waals surface area (Å²) in [5.41, 5.74) is -13.1. The number of H-pyrrole nitrogens is 3. The Bertz CT molecular complexity index is 2500. The topological polar surface area (TPSA) is 344 Å². The Labute approximate surface area is 528 Å². The van der Waals surface area contributed by atoms with Crippen molar-refractivity contribution in [2.75, 3.05) is 17.3 Å². The van der Waals surface area contributed by atoms with Crippen LogP contribution < -0.4 is 103 Å². The molecule has 0 fully saturated rings. The second kappa shape index (κ2) is 34.1. The molecule has 3 aromatic carbocycles. The minimum atomic E-state index is -6.07. The van der Waals surface area contributed by atoms with Crippen LogP contribution in [0.4, 0.5) is 26.3 Å². The molecular weight excluding hydrogens is 1360 g/mol. The molecular formula is C36H39Br3F6N12Na3O9P3S3. The molecule has 1 unspecified atom stereocenters. The molecule has 0 aliphatic heterocycles. The van der Waals surface area contributed by atoms with Gasteiger partial charge in [0.25, 0.3) is 5.66 Å². The van der Waals surface area contributed by atoms with Crippen LogP contribution in [-0.4, -0.2) is 93.8 Å². The Morgan fingerprint density at radius 2 is 0.800 bits per heavy atom. The van der Waals surface area contributed by atoms with Crippen LogP contribution in [0.3, 0.4) is 0 Å². The number of aryl methyl sites for hydroxylation is 3. The third-order valence-corrected chi connectivity index (χ3v) is 17.4. The van der Waals surface area contributed by atoms with Gasteiger partial charge in [-0.1, -0.05) is 84.2 Å². The molecule has 75 heavy (non-hydrogen) atoms. The molecule has 0 aliphatic carbocycles. The van der Waals surface area contributed by atoms with Crippen LogP contribution in [0.5, 0.6) is 0 Å². The molecule has 6 aromatic rings. The molecule has 6 rings (SSSR count). The van der Waals surface area contributed by atoms with Gasteiger partial charge in [-0.3, -0.25) is 4.57 Å². The zero-order valence-corrected chi connectivity index (χ0v) is 55.4. The van der Waals surface area contributed by atoms with Crippen molar-refractivity contribution >= 4 is 106 Å². The van der Waals surface area contributed by atoms with E-state index in [4.69, 9.17) is 14.7 Å². The first kappa shape index (κ1) is 73.4. The third-order valence-electron chi connectivity index (χ3n) is 9.22. The van der Waals surface area contributed by atoms with Gasteiger partial charge in [0, 0.05) is 74.2 Å². The Morgan fingerprint density at radius 3 is 1.04 bits per heavy atom. The summed E-state index contributed by atoms with van der Waals surface area (Å²) >= 11 is 13.6. The second-order valence-electron chi connectivity index (χ2n) is 14.6. The molecule has 6 N–H and O–H groups in total. The molecule has 0 saturated heterocycles. The minimum absolute atomic E-state index is 0. The first-order valence-electron chi connectivity index (χ1n) is 20.2. The number of thioether (sulfide) groups is 3. The van der Waals surface area contributed by atoms with Gasteiger partial charge in [0.15, 0.2) is 0 Å². The molecule has 0 amide bonds. The maximum Gasteiger partial charge on any atom is 1.00 e. The van der Waals surface area contributed by atoms with E-state index in [1.807, 2.05) is 0 Å². The van der Waals surface area contributed by atoms with E-state index in [1.54, 1.807) is 35.3 Å². The summed E-state index contributed by atoms with van der Waals surface area (Å²) in [5, 5.41) is 40.1. The molecule has 0 bridgehead atoms. The van der Waals surface area contributed by atoms with Crippen LogP contribution in [0.15, 0.2) is 68.0 Å². The van der Waals surface area contributed by atoms with E-state index in [9.17, 15) is 54.7 Å². The zero-order valence-electron chi connectivity index (χ0n) is 39.5. The van der Waals surface area contributed by atoms with Crippen molar-refractivity contribution in [2.24, 2.45) is 0 Å². The molecule has 3 aromatic heterocycles. The Kier molecular flexibility index (Phi) is 33.4. The van der Waals surface area contributed by atoms with E-state index in [0.717, 1.165) is 77.8 Å². The van der Waals surface area contributed by atoms with Crippen LogP contribution in [-0.2, 0) is 67.2 Å². The molecule has 396 valence electrons. The summed E-state index contributed by atoms with van der Waals surface area (Å²) in [7, 11) is -17.5. The van der Waals surface area contributed by atoms with Crippen LogP contribution in [0.25, 0.3) is 0 Å². The normalized spacial score (nSPS) is 12.7. The SMILES string of the molecule is O=P(O)(O)C(F)(F)c1ccc(CSCCCc2nnn[nH]2)cc1Br.O=P([O-])(O)C(F)(F)c1ccc(CSCCCc2nnn[nH]2)cc1Br.O=P([O-])([O-])C(F)(F)c1ccc(CSCCCc2nnn[nH]2)cc1Br.[Na+].[Na+].[Na+]. The molecule has 3 heterocycles. The fourth-order valence-corrected chi connectivity index (χ4v) is 12.3. The second-order valence-corrected chi connectivity index (χ2v) is 25.3.